The Hall–Kier alpha value is -0.330. The first kappa shape index (κ1) is 28.7. The minimum atomic E-state index is 0.521. The summed E-state index contributed by atoms with van der Waals surface area (Å²) < 4.78 is 0. The molecule has 0 atom stereocenters. The minimum Gasteiger partial charge on any atom is -0.300 e. The summed E-state index contributed by atoms with van der Waals surface area (Å²) in [5.41, 5.74) is 0. The molecule has 0 aliphatic heterocycles. The number of hydrogen-bond acceptors (Lipinski definition) is 1. The van der Waals surface area contributed by atoms with Gasteiger partial charge in [-0.25, -0.2) is 0 Å². The van der Waals surface area contributed by atoms with Gasteiger partial charge in [0.2, 0.25) is 0 Å². The predicted molar refractivity (Wildman–Crippen MR) is 132 cm³/mol. The van der Waals surface area contributed by atoms with E-state index in [0.717, 1.165) is 25.7 Å². The molecule has 0 bridgehead atoms. The molecule has 0 heterocycles. The number of ketones is 1. The van der Waals surface area contributed by atoms with E-state index in [1.54, 1.807) is 0 Å². The fourth-order valence-electron chi connectivity index (χ4n) is 4.27. The van der Waals surface area contributed by atoms with Gasteiger partial charge in [-0.1, -0.05) is 149 Å². The van der Waals surface area contributed by atoms with E-state index >= 15 is 0 Å². The Bertz CT molecular complexity index is 309. The van der Waals surface area contributed by atoms with Crippen LogP contribution in [0.4, 0.5) is 0 Å². The van der Waals surface area contributed by atoms with E-state index < -0.39 is 0 Å². The number of Topliss-reactive ketones (excluding diaryl/α,β-unsaturated/α-hetero) is 1. The smallest absolute Gasteiger partial charge is 0.132 e. The Labute approximate surface area is 185 Å². The Morgan fingerprint density at radius 3 is 0.793 bits per heavy atom. The van der Waals surface area contributed by atoms with Crippen LogP contribution >= 0.6 is 0 Å². The first-order chi connectivity index (χ1) is 14.3. The zero-order valence-electron chi connectivity index (χ0n) is 20.6. The average Bonchev–Trinajstić information content (AvgIpc) is 2.72. The standard InChI is InChI=1S/C28H56O/c1-3-5-7-9-11-13-15-17-19-21-23-25-27-28(29)26-24-22-20-18-16-14-12-10-8-6-4-2/h3-27H2,1-2H3. The van der Waals surface area contributed by atoms with Crippen molar-refractivity contribution in [2.75, 3.05) is 0 Å². The SMILES string of the molecule is CCCCCCCCCCCCCCC(=O)CCCCCCCCCCCCC. The van der Waals surface area contributed by atoms with E-state index in [1.165, 1.54) is 135 Å². The highest BCUT2D eigenvalue weighted by atomic mass is 16.1. The van der Waals surface area contributed by atoms with E-state index in [0.29, 0.717) is 5.78 Å². The molecule has 0 saturated carbocycles. The average molecular weight is 409 g/mol. The van der Waals surface area contributed by atoms with Crippen LogP contribution in [0.15, 0.2) is 0 Å². The highest BCUT2D eigenvalue weighted by Gasteiger charge is 2.02. The van der Waals surface area contributed by atoms with Crippen LogP contribution in [0.3, 0.4) is 0 Å². The molecule has 0 aliphatic carbocycles. The van der Waals surface area contributed by atoms with Crippen molar-refractivity contribution in [3.63, 3.8) is 0 Å². The topological polar surface area (TPSA) is 17.1 Å². The first-order valence-corrected chi connectivity index (χ1v) is 13.8. The van der Waals surface area contributed by atoms with Crippen molar-refractivity contribution in [1.29, 1.82) is 0 Å². The molecule has 0 aromatic heterocycles. The molecule has 0 saturated heterocycles. The summed E-state index contributed by atoms with van der Waals surface area (Å²) >= 11 is 0. The predicted octanol–water partition coefficient (Wildman–Crippen LogP) is 10.3. The van der Waals surface area contributed by atoms with Crippen molar-refractivity contribution >= 4 is 5.78 Å². The van der Waals surface area contributed by atoms with Gasteiger partial charge in [0.05, 0.1) is 0 Å². The van der Waals surface area contributed by atoms with Crippen molar-refractivity contribution in [2.24, 2.45) is 0 Å². The summed E-state index contributed by atoms with van der Waals surface area (Å²) in [6, 6.07) is 0. The van der Waals surface area contributed by atoms with Gasteiger partial charge in [0, 0.05) is 12.8 Å². The number of hydrogen-bond donors (Lipinski definition) is 0. The van der Waals surface area contributed by atoms with Crippen LogP contribution in [0, 0.1) is 0 Å². The van der Waals surface area contributed by atoms with Crippen molar-refractivity contribution in [1.82, 2.24) is 0 Å². The minimum absolute atomic E-state index is 0.521. The van der Waals surface area contributed by atoms with Crippen LogP contribution in [0.5, 0.6) is 0 Å². The Morgan fingerprint density at radius 1 is 0.345 bits per heavy atom. The summed E-state index contributed by atoms with van der Waals surface area (Å²) in [5, 5.41) is 0. The van der Waals surface area contributed by atoms with Gasteiger partial charge in [-0.2, -0.15) is 0 Å². The second-order valence-electron chi connectivity index (χ2n) is 9.46. The molecule has 0 spiro atoms. The van der Waals surface area contributed by atoms with Gasteiger partial charge in [0.15, 0.2) is 0 Å². The van der Waals surface area contributed by atoms with Gasteiger partial charge >= 0.3 is 0 Å². The lowest BCUT2D eigenvalue weighted by Crippen LogP contribution is -1.97. The van der Waals surface area contributed by atoms with Gasteiger partial charge in [-0.3, -0.25) is 4.79 Å². The Balaban J connectivity index is 3.13. The van der Waals surface area contributed by atoms with Gasteiger partial charge in [-0.15, -0.1) is 0 Å². The van der Waals surface area contributed by atoms with Gasteiger partial charge < -0.3 is 0 Å². The molecule has 0 aromatic carbocycles. The summed E-state index contributed by atoms with van der Waals surface area (Å²) in [6.07, 6.45) is 33.1. The van der Waals surface area contributed by atoms with Crippen LogP contribution in [-0.2, 0) is 4.79 Å². The molecule has 1 nitrogen and oxygen atoms in total. The second kappa shape index (κ2) is 25.7. The molecule has 0 rings (SSSR count). The van der Waals surface area contributed by atoms with Crippen LogP contribution in [0.25, 0.3) is 0 Å². The van der Waals surface area contributed by atoms with Crippen LogP contribution in [0.1, 0.15) is 174 Å². The molecule has 0 amide bonds. The highest BCUT2D eigenvalue weighted by molar-refractivity contribution is 5.78. The molecule has 0 aromatic rings. The largest absolute Gasteiger partial charge is 0.300 e. The molecular formula is C28H56O. The zero-order chi connectivity index (χ0) is 21.3. The van der Waals surface area contributed by atoms with Gasteiger partial charge in [-0.05, 0) is 12.8 Å². The van der Waals surface area contributed by atoms with E-state index in [2.05, 4.69) is 13.8 Å². The normalized spacial score (nSPS) is 11.2. The monoisotopic (exact) mass is 408 g/mol. The number of unbranched alkanes of at least 4 members (excludes halogenated alkanes) is 21. The summed E-state index contributed by atoms with van der Waals surface area (Å²) in [6.45, 7) is 4.57. The van der Waals surface area contributed by atoms with Gasteiger partial charge in [0.25, 0.3) is 0 Å². The molecule has 0 radical (unpaired) electrons. The fraction of sp³-hybridized carbons (Fsp3) is 0.964. The van der Waals surface area contributed by atoms with Crippen molar-refractivity contribution in [3.05, 3.63) is 0 Å². The lowest BCUT2D eigenvalue weighted by molar-refractivity contribution is -0.119. The van der Waals surface area contributed by atoms with E-state index in [9.17, 15) is 4.79 Å². The molecule has 0 aliphatic rings. The Kier molecular flexibility index (Phi) is 25.4. The fourth-order valence-corrected chi connectivity index (χ4v) is 4.27. The molecule has 0 unspecified atom stereocenters. The summed E-state index contributed by atoms with van der Waals surface area (Å²) in [7, 11) is 0. The van der Waals surface area contributed by atoms with Gasteiger partial charge in [0.1, 0.15) is 5.78 Å². The number of rotatable bonds is 25. The first-order valence-electron chi connectivity index (χ1n) is 13.8. The molecular weight excluding hydrogens is 352 g/mol. The molecule has 1 heteroatoms. The molecule has 0 fully saturated rings. The number of carbonyl (C=O) groups is 1. The quantitative estimate of drug-likeness (QED) is 0.137. The highest BCUT2D eigenvalue weighted by Crippen LogP contribution is 2.14. The van der Waals surface area contributed by atoms with Crippen LogP contribution in [0.2, 0.25) is 0 Å². The third kappa shape index (κ3) is 25.6. The second-order valence-corrected chi connectivity index (χ2v) is 9.46. The summed E-state index contributed by atoms with van der Waals surface area (Å²) in [5.74, 6) is 0.521. The molecule has 29 heavy (non-hydrogen) atoms. The molecule has 174 valence electrons. The maximum absolute atomic E-state index is 12.0. The third-order valence-electron chi connectivity index (χ3n) is 6.37. The van der Waals surface area contributed by atoms with Crippen LogP contribution in [-0.4, -0.2) is 5.78 Å². The maximum atomic E-state index is 12.0. The van der Waals surface area contributed by atoms with E-state index in [4.69, 9.17) is 0 Å². The molecule has 0 N–H and O–H groups in total. The van der Waals surface area contributed by atoms with Crippen molar-refractivity contribution < 1.29 is 4.79 Å². The maximum Gasteiger partial charge on any atom is 0.132 e. The van der Waals surface area contributed by atoms with E-state index in [-0.39, 0.29) is 0 Å². The van der Waals surface area contributed by atoms with E-state index in [1.807, 2.05) is 0 Å². The lowest BCUT2D eigenvalue weighted by atomic mass is 10.0. The van der Waals surface area contributed by atoms with Crippen molar-refractivity contribution in [2.45, 2.75) is 174 Å². The number of carbonyl (C=O) groups excluding carboxylic acids is 1. The van der Waals surface area contributed by atoms with Crippen LogP contribution < -0.4 is 0 Å². The summed E-state index contributed by atoms with van der Waals surface area (Å²) in [4.78, 5) is 12.0. The van der Waals surface area contributed by atoms with Crippen molar-refractivity contribution in [3.8, 4) is 0 Å². The third-order valence-corrected chi connectivity index (χ3v) is 6.37. The Morgan fingerprint density at radius 2 is 0.552 bits per heavy atom. The zero-order valence-corrected chi connectivity index (χ0v) is 20.6. The lowest BCUT2D eigenvalue weighted by Gasteiger charge is -2.04.